The highest BCUT2D eigenvalue weighted by molar-refractivity contribution is 9.11. The first-order valence-electron chi connectivity index (χ1n) is 7.79. The summed E-state index contributed by atoms with van der Waals surface area (Å²) in [5.41, 5.74) is 1.10. The molecule has 0 aliphatic heterocycles. The Balaban J connectivity index is 1.52. The number of nitrogens with zero attached hydrogens (tertiary/aromatic N) is 1. The third-order valence-corrected chi connectivity index (χ3v) is 7.62. The summed E-state index contributed by atoms with van der Waals surface area (Å²) in [6, 6.07) is 7.18. The fourth-order valence-corrected chi connectivity index (χ4v) is 6.04. The summed E-state index contributed by atoms with van der Waals surface area (Å²) < 4.78 is 34.6. The summed E-state index contributed by atoms with van der Waals surface area (Å²) in [4.78, 5) is 4.26. The van der Waals surface area contributed by atoms with E-state index in [-0.39, 0.29) is 12.1 Å². The molecule has 1 N–H and O–H groups in total. The number of nitrogens with one attached hydrogen (secondary N) is 1. The summed E-state index contributed by atoms with van der Waals surface area (Å²) in [5, 5.41) is 0. The monoisotopic (exact) mass is 430 g/mol. The molecule has 8 heteroatoms. The Morgan fingerprint density at radius 2 is 1.96 bits per heavy atom. The number of thiophene rings is 1. The normalized spacial score (nSPS) is 21.6. The largest absolute Gasteiger partial charge is 0.474 e. The SMILES string of the molecule is Cc1ccc(OC2CCC(NS(=O)(=O)c3ccc(Br)s3)CC2)nc1. The van der Waals surface area contributed by atoms with Crippen LogP contribution in [0.15, 0.2) is 38.5 Å². The van der Waals surface area contributed by atoms with Crippen molar-refractivity contribution in [2.75, 3.05) is 0 Å². The average molecular weight is 431 g/mol. The minimum atomic E-state index is -3.43. The number of rotatable bonds is 5. The molecule has 2 aromatic rings. The van der Waals surface area contributed by atoms with Crippen molar-refractivity contribution in [3.8, 4) is 5.88 Å². The van der Waals surface area contributed by atoms with Crippen LogP contribution in [0.2, 0.25) is 0 Å². The van der Waals surface area contributed by atoms with E-state index in [2.05, 4.69) is 25.6 Å². The van der Waals surface area contributed by atoms with Gasteiger partial charge in [-0.3, -0.25) is 0 Å². The molecule has 0 unspecified atom stereocenters. The fraction of sp³-hybridized carbons (Fsp3) is 0.438. The van der Waals surface area contributed by atoms with Crippen LogP contribution in [-0.2, 0) is 10.0 Å². The van der Waals surface area contributed by atoms with Gasteiger partial charge in [-0.25, -0.2) is 18.1 Å². The van der Waals surface area contributed by atoms with Gasteiger partial charge < -0.3 is 4.74 Å². The first-order chi connectivity index (χ1) is 11.4. The van der Waals surface area contributed by atoms with Crippen molar-refractivity contribution in [3.63, 3.8) is 0 Å². The Morgan fingerprint density at radius 1 is 1.21 bits per heavy atom. The van der Waals surface area contributed by atoms with Gasteiger partial charge in [0.25, 0.3) is 0 Å². The number of halogens is 1. The number of ether oxygens (including phenoxy) is 1. The maximum absolute atomic E-state index is 12.4. The molecule has 1 fully saturated rings. The van der Waals surface area contributed by atoms with E-state index in [1.165, 1.54) is 11.3 Å². The molecule has 24 heavy (non-hydrogen) atoms. The van der Waals surface area contributed by atoms with Crippen LogP contribution in [0.5, 0.6) is 5.88 Å². The third kappa shape index (κ3) is 4.56. The van der Waals surface area contributed by atoms with E-state index in [4.69, 9.17) is 4.74 Å². The average Bonchev–Trinajstić information content (AvgIpc) is 2.99. The minimum absolute atomic E-state index is 0.0401. The summed E-state index contributed by atoms with van der Waals surface area (Å²) in [6.45, 7) is 1.99. The zero-order valence-electron chi connectivity index (χ0n) is 13.2. The molecule has 0 bridgehead atoms. The third-order valence-electron chi connectivity index (χ3n) is 3.98. The molecule has 0 aromatic carbocycles. The van der Waals surface area contributed by atoms with Gasteiger partial charge in [-0.2, -0.15) is 0 Å². The predicted octanol–water partition coefficient (Wildman–Crippen LogP) is 3.88. The zero-order chi connectivity index (χ0) is 17.2. The lowest BCUT2D eigenvalue weighted by Crippen LogP contribution is -2.39. The highest BCUT2D eigenvalue weighted by atomic mass is 79.9. The van der Waals surface area contributed by atoms with Gasteiger partial charge in [-0.1, -0.05) is 6.07 Å². The number of aromatic nitrogens is 1. The fourth-order valence-electron chi connectivity index (χ4n) is 2.71. The summed E-state index contributed by atoms with van der Waals surface area (Å²) in [6.07, 6.45) is 5.05. The lowest BCUT2D eigenvalue weighted by molar-refractivity contribution is 0.138. The van der Waals surface area contributed by atoms with Crippen LogP contribution in [0.4, 0.5) is 0 Å². The van der Waals surface area contributed by atoms with Gasteiger partial charge in [0.15, 0.2) is 0 Å². The van der Waals surface area contributed by atoms with Crippen molar-refractivity contribution >= 4 is 37.3 Å². The van der Waals surface area contributed by atoms with E-state index in [9.17, 15) is 8.42 Å². The smallest absolute Gasteiger partial charge is 0.250 e. The minimum Gasteiger partial charge on any atom is -0.474 e. The first-order valence-corrected chi connectivity index (χ1v) is 10.9. The van der Waals surface area contributed by atoms with E-state index in [0.29, 0.717) is 10.1 Å². The van der Waals surface area contributed by atoms with E-state index >= 15 is 0 Å². The van der Waals surface area contributed by atoms with E-state index in [1.807, 2.05) is 19.1 Å². The molecule has 0 radical (unpaired) electrons. The quantitative estimate of drug-likeness (QED) is 0.780. The number of hydrogen-bond donors (Lipinski definition) is 1. The van der Waals surface area contributed by atoms with Gasteiger partial charge >= 0.3 is 0 Å². The van der Waals surface area contributed by atoms with Crippen LogP contribution in [-0.4, -0.2) is 25.5 Å². The van der Waals surface area contributed by atoms with Gasteiger partial charge in [0.05, 0.1) is 3.79 Å². The maximum atomic E-state index is 12.4. The summed E-state index contributed by atoms with van der Waals surface area (Å²) in [7, 11) is -3.43. The highest BCUT2D eigenvalue weighted by Gasteiger charge is 2.27. The topological polar surface area (TPSA) is 68.3 Å². The van der Waals surface area contributed by atoms with Crippen LogP contribution < -0.4 is 9.46 Å². The van der Waals surface area contributed by atoms with E-state index in [1.54, 1.807) is 18.3 Å². The molecule has 0 amide bonds. The second kappa shape index (κ2) is 7.51. The molecule has 5 nitrogen and oxygen atoms in total. The number of hydrogen-bond acceptors (Lipinski definition) is 5. The van der Waals surface area contributed by atoms with Gasteiger partial charge in [-0.05, 0) is 66.2 Å². The number of sulfonamides is 1. The zero-order valence-corrected chi connectivity index (χ0v) is 16.5. The molecule has 1 saturated carbocycles. The first kappa shape index (κ1) is 17.8. The van der Waals surface area contributed by atoms with Gasteiger partial charge in [-0.15, -0.1) is 11.3 Å². The van der Waals surface area contributed by atoms with Crippen molar-refractivity contribution in [1.82, 2.24) is 9.71 Å². The molecule has 0 saturated heterocycles. The molecule has 0 spiro atoms. The Kier molecular flexibility index (Phi) is 5.59. The highest BCUT2D eigenvalue weighted by Crippen LogP contribution is 2.28. The molecule has 1 aliphatic carbocycles. The number of aryl methyl sites for hydroxylation is 1. The molecule has 130 valence electrons. The molecule has 3 rings (SSSR count). The van der Waals surface area contributed by atoms with Crippen molar-refractivity contribution in [2.24, 2.45) is 0 Å². The predicted molar refractivity (Wildman–Crippen MR) is 98.0 cm³/mol. The maximum Gasteiger partial charge on any atom is 0.250 e. The molecular formula is C16H19BrN2O3S2. The second-order valence-corrected chi connectivity index (χ2v) is 10.3. The Morgan fingerprint density at radius 3 is 2.54 bits per heavy atom. The van der Waals surface area contributed by atoms with Gasteiger partial charge in [0, 0.05) is 18.3 Å². The van der Waals surface area contributed by atoms with Crippen molar-refractivity contribution in [3.05, 3.63) is 39.8 Å². The molecular weight excluding hydrogens is 412 g/mol. The van der Waals surface area contributed by atoms with Crippen molar-refractivity contribution in [1.29, 1.82) is 0 Å². The van der Waals surface area contributed by atoms with Crippen molar-refractivity contribution < 1.29 is 13.2 Å². The molecule has 1 aliphatic rings. The molecule has 2 heterocycles. The van der Waals surface area contributed by atoms with Gasteiger partial charge in [0.1, 0.15) is 10.3 Å². The number of pyridine rings is 1. The van der Waals surface area contributed by atoms with Crippen LogP contribution in [0.1, 0.15) is 31.2 Å². The van der Waals surface area contributed by atoms with Crippen LogP contribution in [0.3, 0.4) is 0 Å². The Bertz CT molecular complexity index is 782. The Hall–Kier alpha value is -0.960. The van der Waals surface area contributed by atoms with E-state index < -0.39 is 10.0 Å². The van der Waals surface area contributed by atoms with Crippen LogP contribution >= 0.6 is 27.3 Å². The molecule has 0 atom stereocenters. The van der Waals surface area contributed by atoms with E-state index in [0.717, 1.165) is 35.0 Å². The van der Waals surface area contributed by atoms with Crippen LogP contribution in [0, 0.1) is 6.92 Å². The Labute approximate surface area is 154 Å². The van der Waals surface area contributed by atoms with Crippen LogP contribution in [0.25, 0.3) is 0 Å². The summed E-state index contributed by atoms with van der Waals surface area (Å²) in [5.74, 6) is 0.632. The van der Waals surface area contributed by atoms with Gasteiger partial charge in [0.2, 0.25) is 15.9 Å². The summed E-state index contributed by atoms with van der Waals surface area (Å²) >= 11 is 4.52. The molecule has 2 aromatic heterocycles. The lowest BCUT2D eigenvalue weighted by Gasteiger charge is -2.28. The lowest BCUT2D eigenvalue weighted by atomic mass is 9.94. The standard InChI is InChI=1S/C16H19BrN2O3S2/c1-11-2-8-15(18-10-11)22-13-5-3-12(4-6-13)19-24(20,21)16-9-7-14(17)23-16/h2,7-10,12-13,19H,3-6H2,1H3. The van der Waals surface area contributed by atoms with Crippen molar-refractivity contribution in [2.45, 2.75) is 49.0 Å². The second-order valence-electron chi connectivity index (χ2n) is 5.95.